The average Bonchev–Trinajstić information content (AvgIpc) is 2.38. The third kappa shape index (κ3) is 3.71. The van der Waals surface area contributed by atoms with Crippen LogP contribution in [0.15, 0.2) is 48.5 Å². The van der Waals surface area contributed by atoms with Gasteiger partial charge in [-0.15, -0.1) is 0 Å². The molecule has 0 fully saturated rings. The second-order valence-corrected chi connectivity index (χ2v) is 5.06. The van der Waals surface area contributed by atoms with E-state index in [1.165, 1.54) is 16.3 Å². The zero-order valence-electron chi connectivity index (χ0n) is 11.2. The van der Waals surface area contributed by atoms with Gasteiger partial charge in [0.15, 0.2) is 0 Å². The maximum Gasteiger partial charge on any atom is 0.0138 e. The smallest absolute Gasteiger partial charge is 0.0138 e. The molecule has 0 aliphatic heterocycles. The molecule has 0 atom stereocenters. The van der Waals surface area contributed by atoms with E-state index >= 15 is 0 Å². The van der Waals surface area contributed by atoms with Gasteiger partial charge in [-0.3, -0.25) is 0 Å². The van der Waals surface area contributed by atoms with Crippen molar-refractivity contribution in [2.24, 2.45) is 5.92 Å². The van der Waals surface area contributed by atoms with Crippen LogP contribution in [0.2, 0.25) is 0 Å². The van der Waals surface area contributed by atoms with Crippen LogP contribution in [0.25, 0.3) is 16.8 Å². The molecule has 0 heterocycles. The number of nitrogens with one attached hydrogen (secondary N) is 1. The largest absolute Gasteiger partial charge is 0.313 e. The summed E-state index contributed by atoms with van der Waals surface area (Å²) in [6, 6.07) is 15.0. The first-order valence-electron chi connectivity index (χ1n) is 6.62. The Hall–Kier alpha value is -1.60. The highest BCUT2D eigenvalue weighted by molar-refractivity contribution is 5.84. The van der Waals surface area contributed by atoms with Crippen LogP contribution in [-0.4, -0.2) is 13.1 Å². The zero-order chi connectivity index (χ0) is 12.8. The summed E-state index contributed by atoms with van der Waals surface area (Å²) >= 11 is 0. The van der Waals surface area contributed by atoms with Crippen molar-refractivity contribution < 1.29 is 0 Å². The highest BCUT2D eigenvalue weighted by atomic mass is 14.8. The maximum absolute atomic E-state index is 3.41. The van der Waals surface area contributed by atoms with E-state index in [4.69, 9.17) is 0 Å². The van der Waals surface area contributed by atoms with Crippen molar-refractivity contribution in [2.45, 2.75) is 13.8 Å². The highest BCUT2D eigenvalue weighted by Gasteiger charge is 1.93. The van der Waals surface area contributed by atoms with Gasteiger partial charge in [-0.05, 0) is 34.9 Å². The highest BCUT2D eigenvalue weighted by Crippen LogP contribution is 2.16. The Morgan fingerprint density at radius 1 is 1.06 bits per heavy atom. The molecule has 1 heteroatoms. The summed E-state index contributed by atoms with van der Waals surface area (Å²) in [5.41, 5.74) is 1.26. The van der Waals surface area contributed by atoms with Crippen molar-refractivity contribution >= 4 is 16.8 Å². The first-order valence-corrected chi connectivity index (χ1v) is 6.62. The molecule has 2 rings (SSSR count). The van der Waals surface area contributed by atoms with Gasteiger partial charge in [0, 0.05) is 6.54 Å². The lowest BCUT2D eigenvalue weighted by Gasteiger charge is -2.04. The van der Waals surface area contributed by atoms with E-state index in [2.05, 4.69) is 73.8 Å². The van der Waals surface area contributed by atoms with Gasteiger partial charge in [0.25, 0.3) is 0 Å². The Morgan fingerprint density at radius 3 is 2.61 bits per heavy atom. The Morgan fingerprint density at radius 2 is 1.83 bits per heavy atom. The monoisotopic (exact) mass is 239 g/mol. The molecule has 0 bridgehead atoms. The topological polar surface area (TPSA) is 12.0 Å². The third-order valence-electron chi connectivity index (χ3n) is 2.90. The molecule has 18 heavy (non-hydrogen) atoms. The van der Waals surface area contributed by atoms with E-state index in [-0.39, 0.29) is 0 Å². The summed E-state index contributed by atoms with van der Waals surface area (Å²) in [5.74, 6) is 0.707. The molecule has 0 saturated heterocycles. The molecule has 0 aromatic heterocycles. The number of hydrogen-bond acceptors (Lipinski definition) is 1. The summed E-state index contributed by atoms with van der Waals surface area (Å²) in [7, 11) is 0. The first kappa shape index (κ1) is 12.8. The molecule has 0 aliphatic rings. The minimum Gasteiger partial charge on any atom is -0.313 e. The molecule has 0 radical (unpaired) electrons. The molecule has 0 aliphatic carbocycles. The number of rotatable bonds is 5. The second-order valence-electron chi connectivity index (χ2n) is 5.06. The number of fused-ring (bicyclic) bond motifs is 1. The molecule has 0 unspecified atom stereocenters. The van der Waals surface area contributed by atoms with Crippen molar-refractivity contribution in [2.75, 3.05) is 13.1 Å². The lowest BCUT2D eigenvalue weighted by molar-refractivity contribution is 0.577. The minimum atomic E-state index is 0.707. The Labute approximate surface area is 110 Å². The van der Waals surface area contributed by atoms with Crippen LogP contribution in [0, 0.1) is 5.92 Å². The van der Waals surface area contributed by atoms with Crippen molar-refractivity contribution in [1.29, 1.82) is 0 Å². The van der Waals surface area contributed by atoms with Crippen molar-refractivity contribution in [3.8, 4) is 0 Å². The molecule has 94 valence electrons. The molecule has 2 aromatic rings. The van der Waals surface area contributed by atoms with Crippen LogP contribution >= 0.6 is 0 Å². The molecule has 0 saturated carbocycles. The van der Waals surface area contributed by atoms with Gasteiger partial charge in [-0.2, -0.15) is 0 Å². The van der Waals surface area contributed by atoms with E-state index in [1.54, 1.807) is 0 Å². The van der Waals surface area contributed by atoms with E-state index in [0.717, 1.165) is 13.1 Å². The summed E-state index contributed by atoms with van der Waals surface area (Å²) < 4.78 is 0. The van der Waals surface area contributed by atoms with E-state index < -0.39 is 0 Å². The van der Waals surface area contributed by atoms with Gasteiger partial charge in [0.2, 0.25) is 0 Å². The van der Waals surface area contributed by atoms with Crippen LogP contribution in [0.1, 0.15) is 19.4 Å². The van der Waals surface area contributed by atoms with Gasteiger partial charge < -0.3 is 5.32 Å². The number of benzene rings is 2. The van der Waals surface area contributed by atoms with E-state index in [0.29, 0.717) is 5.92 Å². The molecule has 2 aromatic carbocycles. The normalized spacial score (nSPS) is 11.7. The lowest BCUT2D eigenvalue weighted by Crippen LogP contribution is -2.19. The van der Waals surface area contributed by atoms with Gasteiger partial charge in [-0.25, -0.2) is 0 Å². The zero-order valence-corrected chi connectivity index (χ0v) is 11.2. The Balaban J connectivity index is 1.97. The molecule has 1 nitrogen and oxygen atoms in total. The van der Waals surface area contributed by atoms with Gasteiger partial charge in [0.1, 0.15) is 0 Å². The predicted molar refractivity (Wildman–Crippen MR) is 80.7 cm³/mol. The average molecular weight is 239 g/mol. The van der Waals surface area contributed by atoms with Crippen molar-refractivity contribution in [3.05, 3.63) is 54.1 Å². The van der Waals surface area contributed by atoms with Crippen LogP contribution < -0.4 is 5.32 Å². The fraction of sp³-hybridized carbons (Fsp3) is 0.294. The maximum atomic E-state index is 3.41. The Bertz CT molecular complexity index is 526. The molecular formula is C17H21N. The first-order chi connectivity index (χ1) is 8.75. The summed E-state index contributed by atoms with van der Waals surface area (Å²) in [4.78, 5) is 0. The molecule has 1 N–H and O–H groups in total. The van der Waals surface area contributed by atoms with Gasteiger partial charge in [0.05, 0.1) is 0 Å². The standard InChI is InChI=1S/C17H21N/c1-14(2)13-18-11-5-6-15-9-10-16-7-3-4-8-17(16)12-15/h3-10,12,14,18H,11,13H2,1-2H3. The predicted octanol–water partition coefficient (Wildman–Crippen LogP) is 4.10. The minimum absolute atomic E-state index is 0.707. The van der Waals surface area contributed by atoms with E-state index in [9.17, 15) is 0 Å². The van der Waals surface area contributed by atoms with Crippen molar-refractivity contribution in [1.82, 2.24) is 5.32 Å². The molecule has 0 amide bonds. The van der Waals surface area contributed by atoms with Crippen LogP contribution in [0.3, 0.4) is 0 Å². The van der Waals surface area contributed by atoms with Gasteiger partial charge in [-0.1, -0.05) is 62.4 Å². The van der Waals surface area contributed by atoms with Crippen LogP contribution in [0.4, 0.5) is 0 Å². The second kappa shape index (κ2) is 6.36. The molecular weight excluding hydrogens is 218 g/mol. The fourth-order valence-electron chi connectivity index (χ4n) is 1.96. The SMILES string of the molecule is CC(C)CNCC=Cc1ccc2ccccc2c1. The number of hydrogen-bond donors (Lipinski definition) is 1. The molecule has 0 spiro atoms. The summed E-state index contributed by atoms with van der Waals surface area (Å²) in [6.07, 6.45) is 4.37. The van der Waals surface area contributed by atoms with Crippen LogP contribution in [0.5, 0.6) is 0 Å². The van der Waals surface area contributed by atoms with Gasteiger partial charge >= 0.3 is 0 Å². The fourth-order valence-corrected chi connectivity index (χ4v) is 1.96. The summed E-state index contributed by atoms with van der Waals surface area (Å²) in [5, 5.41) is 6.00. The van der Waals surface area contributed by atoms with E-state index in [1.807, 2.05) is 0 Å². The quantitative estimate of drug-likeness (QED) is 0.775. The van der Waals surface area contributed by atoms with Crippen LogP contribution in [-0.2, 0) is 0 Å². The lowest BCUT2D eigenvalue weighted by atomic mass is 10.1. The summed E-state index contributed by atoms with van der Waals surface area (Å²) in [6.45, 7) is 6.45. The van der Waals surface area contributed by atoms with Crippen molar-refractivity contribution in [3.63, 3.8) is 0 Å². The third-order valence-corrected chi connectivity index (χ3v) is 2.90. The Kier molecular flexibility index (Phi) is 4.54.